The maximum Gasteiger partial charge on any atom is 0.242 e. The second-order valence-corrected chi connectivity index (χ2v) is 7.85. The number of nitrogens with one attached hydrogen (secondary N) is 1. The topological polar surface area (TPSA) is 49.4 Å². The summed E-state index contributed by atoms with van der Waals surface area (Å²) < 4.78 is 0. The number of rotatable bonds is 8. The number of carbonyl (C=O) groups excluding carboxylic acids is 2. The first-order valence-electron chi connectivity index (χ1n) is 9.36. The van der Waals surface area contributed by atoms with Gasteiger partial charge in [0.05, 0.1) is 6.42 Å². The summed E-state index contributed by atoms with van der Waals surface area (Å²) in [5, 5.41) is 3.77. The lowest BCUT2D eigenvalue weighted by Gasteiger charge is -2.29. The maximum absolute atomic E-state index is 13.1. The zero-order chi connectivity index (χ0) is 20.7. The van der Waals surface area contributed by atoms with Crippen LogP contribution in [0.2, 0.25) is 10.0 Å². The maximum atomic E-state index is 13.1. The first kappa shape index (κ1) is 22.3. The number of amides is 2. The Balaban J connectivity index is 2.20. The number of carbonyl (C=O) groups is 2. The quantitative estimate of drug-likeness (QED) is 0.682. The van der Waals surface area contributed by atoms with Crippen molar-refractivity contribution >= 4 is 35.0 Å². The van der Waals surface area contributed by atoms with Crippen LogP contribution in [0.25, 0.3) is 0 Å². The summed E-state index contributed by atoms with van der Waals surface area (Å²) in [7, 11) is 0. The Hall–Kier alpha value is -2.04. The van der Waals surface area contributed by atoms with Crippen LogP contribution in [0.3, 0.4) is 0 Å². The van der Waals surface area contributed by atoms with E-state index in [4.69, 9.17) is 23.2 Å². The standard InChI is InChI=1S/C22H26Cl2N2O2/c1-15(2)25-22(28)16(3)26(13-12-17-8-5-4-6-9-17)21(27)14-18-19(23)10-7-11-20(18)24/h4-11,15-16H,12-14H2,1-3H3,(H,25,28)/t16-/m0/s1. The lowest BCUT2D eigenvalue weighted by atomic mass is 10.1. The molecule has 1 atom stereocenters. The number of nitrogens with zero attached hydrogens (tertiary/aromatic N) is 1. The van der Waals surface area contributed by atoms with E-state index in [9.17, 15) is 9.59 Å². The second-order valence-electron chi connectivity index (χ2n) is 7.04. The first-order valence-corrected chi connectivity index (χ1v) is 10.1. The van der Waals surface area contributed by atoms with E-state index in [1.165, 1.54) is 0 Å². The molecule has 1 N–H and O–H groups in total. The first-order chi connectivity index (χ1) is 13.3. The van der Waals surface area contributed by atoms with Crippen molar-refractivity contribution < 1.29 is 9.59 Å². The highest BCUT2D eigenvalue weighted by atomic mass is 35.5. The molecule has 0 aliphatic carbocycles. The van der Waals surface area contributed by atoms with Crippen LogP contribution in [-0.4, -0.2) is 35.3 Å². The highest BCUT2D eigenvalue weighted by Crippen LogP contribution is 2.25. The van der Waals surface area contributed by atoms with Gasteiger partial charge >= 0.3 is 0 Å². The molecule has 2 rings (SSSR count). The van der Waals surface area contributed by atoms with E-state index < -0.39 is 6.04 Å². The number of hydrogen-bond acceptors (Lipinski definition) is 2. The molecule has 2 aromatic rings. The van der Waals surface area contributed by atoms with Gasteiger partial charge in [-0.15, -0.1) is 0 Å². The van der Waals surface area contributed by atoms with E-state index in [1.807, 2.05) is 44.2 Å². The number of hydrogen-bond donors (Lipinski definition) is 1. The van der Waals surface area contributed by atoms with Gasteiger partial charge in [-0.25, -0.2) is 0 Å². The van der Waals surface area contributed by atoms with E-state index in [1.54, 1.807) is 30.0 Å². The van der Waals surface area contributed by atoms with Crippen molar-refractivity contribution in [1.82, 2.24) is 10.2 Å². The van der Waals surface area contributed by atoms with Crippen molar-refractivity contribution in [3.63, 3.8) is 0 Å². The van der Waals surface area contributed by atoms with Crippen molar-refractivity contribution in [3.05, 3.63) is 69.7 Å². The molecular formula is C22H26Cl2N2O2. The summed E-state index contributed by atoms with van der Waals surface area (Å²) in [4.78, 5) is 27.2. The minimum atomic E-state index is -0.597. The van der Waals surface area contributed by atoms with E-state index in [-0.39, 0.29) is 24.3 Å². The molecule has 0 bridgehead atoms. The Bertz CT molecular complexity index is 789. The van der Waals surface area contributed by atoms with Crippen molar-refractivity contribution in [1.29, 1.82) is 0 Å². The van der Waals surface area contributed by atoms with Crippen molar-refractivity contribution in [2.75, 3.05) is 6.54 Å². The third-order valence-electron chi connectivity index (χ3n) is 4.47. The molecule has 0 unspecified atom stereocenters. The number of halogens is 2. The molecule has 0 fully saturated rings. The Morgan fingerprint density at radius 2 is 1.57 bits per heavy atom. The largest absolute Gasteiger partial charge is 0.352 e. The van der Waals surface area contributed by atoms with E-state index in [0.717, 1.165) is 5.56 Å². The normalized spacial score (nSPS) is 11.9. The van der Waals surface area contributed by atoms with Crippen molar-refractivity contribution in [2.45, 2.75) is 45.7 Å². The van der Waals surface area contributed by atoms with Crippen LogP contribution >= 0.6 is 23.2 Å². The van der Waals surface area contributed by atoms with Crippen molar-refractivity contribution in [2.24, 2.45) is 0 Å². The Morgan fingerprint density at radius 1 is 0.964 bits per heavy atom. The van der Waals surface area contributed by atoms with Crippen LogP contribution in [-0.2, 0) is 22.4 Å². The summed E-state index contributed by atoms with van der Waals surface area (Å²) in [6.07, 6.45) is 0.703. The molecule has 0 heterocycles. The van der Waals surface area contributed by atoms with Crippen LogP contribution < -0.4 is 5.32 Å². The van der Waals surface area contributed by atoms with Crippen LogP contribution in [0, 0.1) is 0 Å². The third kappa shape index (κ3) is 6.25. The molecular weight excluding hydrogens is 395 g/mol. The van der Waals surface area contributed by atoms with Crippen LogP contribution in [0.1, 0.15) is 31.9 Å². The molecule has 150 valence electrons. The van der Waals surface area contributed by atoms with Gasteiger partial charge in [0.25, 0.3) is 0 Å². The van der Waals surface area contributed by atoms with Crippen LogP contribution in [0.5, 0.6) is 0 Å². The monoisotopic (exact) mass is 420 g/mol. The second kappa shape index (κ2) is 10.5. The average Bonchev–Trinajstić information content (AvgIpc) is 2.65. The summed E-state index contributed by atoms with van der Waals surface area (Å²) in [6.45, 7) is 5.96. The fourth-order valence-electron chi connectivity index (χ4n) is 2.93. The molecule has 0 radical (unpaired) electrons. The molecule has 6 heteroatoms. The SMILES string of the molecule is CC(C)NC(=O)[C@H](C)N(CCc1ccccc1)C(=O)Cc1c(Cl)cccc1Cl. The smallest absolute Gasteiger partial charge is 0.242 e. The predicted octanol–water partition coefficient (Wildman–Crippen LogP) is 4.52. The molecule has 0 aromatic heterocycles. The van der Waals surface area contributed by atoms with Gasteiger partial charge in [0, 0.05) is 22.6 Å². The van der Waals surface area contributed by atoms with Gasteiger partial charge in [-0.2, -0.15) is 0 Å². The summed E-state index contributed by atoms with van der Waals surface area (Å²) >= 11 is 12.5. The molecule has 0 saturated heterocycles. The molecule has 2 aromatic carbocycles. The molecule has 0 saturated carbocycles. The highest BCUT2D eigenvalue weighted by Gasteiger charge is 2.27. The van der Waals surface area contributed by atoms with Gasteiger partial charge in [0.15, 0.2) is 0 Å². The number of benzene rings is 2. The zero-order valence-corrected chi connectivity index (χ0v) is 17.9. The Labute approximate surface area is 176 Å². The lowest BCUT2D eigenvalue weighted by molar-refractivity contribution is -0.139. The molecule has 2 amide bonds. The van der Waals surface area contributed by atoms with Gasteiger partial charge in [0.2, 0.25) is 11.8 Å². The Morgan fingerprint density at radius 3 is 2.14 bits per heavy atom. The third-order valence-corrected chi connectivity index (χ3v) is 5.18. The fourth-order valence-corrected chi connectivity index (χ4v) is 3.46. The highest BCUT2D eigenvalue weighted by molar-refractivity contribution is 6.36. The predicted molar refractivity (Wildman–Crippen MR) is 115 cm³/mol. The summed E-state index contributed by atoms with van der Waals surface area (Å²) in [5.74, 6) is -0.362. The van der Waals surface area contributed by atoms with Gasteiger partial charge in [-0.05, 0) is 50.5 Å². The van der Waals surface area contributed by atoms with Gasteiger partial charge in [0.1, 0.15) is 6.04 Å². The molecule has 0 aliphatic rings. The molecule has 4 nitrogen and oxygen atoms in total. The van der Waals surface area contributed by atoms with Gasteiger partial charge in [-0.1, -0.05) is 59.6 Å². The lowest BCUT2D eigenvalue weighted by Crippen LogP contribution is -2.50. The van der Waals surface area contributed by atoms with E-state index in [0.29, 0.717) is 28.6 Å². The van der Waals surface area contributed by atoms with E-state index in [2.05, 4.69) is 5.32 Å². The fraction of sp³-hybridized carbons (Fsp3) is 0.364. The summed E-state index contributed by atoms with van der Waals surface area (Å²) in [5.41, 5.74) is 1.68. The average molecular weight is 421 g/mol. The Kier molecular flexibility index (Phi) is 8.34. The molecule has 0 aliphatic heterocycles. The van der Waals surface area contributed by atoms with Crippen LogP contribution in [0.15, 0.2) is 48.5 Å². The van der Waals surface area contributed by atoms with Crippen molar-refractivity contribution in [3.8, 4) is 0 Å². The summed E-state index contributed by atoms with van der Waals surface area (Å²) in [6, 6.07) is 14.4. The minimum absolute atomic E-state index is 0.000891. The van der Waals surface area contributed by atoms with Crippen LogP contribution in [0.4, 0.5) is 0 Å². The molecule has 0 spiro atoms. The minimum Gasteiger partial charge on any atom is -0.352 e. The van der Waals surface area contributed by atoms with E-state index >= 15 is 0 Å². The van der Waals surface area contributed by atoms with Gasteiger partial charge in [-0.3, -0.25) is 9.59 Å². The molecule has 28 heavy (non-hydrogen) atoms. The zero-order valence-electron chi connectivity index (χ0n) is 16.4. The van der Waals surface area contributed by atoms with Gasteiger partial charge < -0.3 is 10.2 Å².